The zero-order valence-corrected chi connectivity index (χ0v) is 32.4. The van der Waals surface area contributed by atoms with Crippen molar-refractivity contribution in [3.05, 3.63) is 93.1 Å². The number of nitrogens with two attached hydrogens (primary N) is 1. The number of nitrogens with one attached hydrogen (secondary N) is 2. The van der Waals surface area contributed by atoms with Crippen LogP contribution >= 0.6 is 48.0 Å². The first kappa shape index (κ1) is 42.6. The molecule has 5 rings (SSSR count). The zero-order valence-electron chi connectivity index (χ0n) is 28.4. The lowest BCUT2D eigenvalue weighted by Crippen LogP contribution is -2.46. The van der Waals surface area contributed by atoms with Crippen LogP contribution in [0.5, 0.6) is 11.5 Å². The monoisotopic (exact) mass is 812 g/mol. The SMILES string of the molecule is Cc1cc(C)c2cccc(OCc3c(Cl)ccc(S(=O)(=O)N4CCC[C@H]4C(=O)NCCCNC(=O)COc4ccc(C=NN)cc4)c3Cl)c2n1.Cl.Cl. The number of nitrogens with zero attached hydrogens (tertiary/aromatic N) is 3. The highest BCUT2D eigenvalue weighted by molar-refractivity contribution is 7.89. The van der Waals surface area contributed by atoms with Crippen molar-refractivity contribution in [2.75, 3.05) is 26.2 Å². The molecule has 0 radical (unpaired) electrons. The zero-order chi connectivity index (χ0) is 35.8. The molecule has 52 heavy (non-hydrogen) atoms. The van der Waals surface area contributed by atoms with Gasteiger partial charge in [-0.2, -0.15) is 9.41 Å². The minimum atomic E-state index is -4.18. The van der Waals surface area contributed by atoms with Crippen LogP contribution < -0.4 is 25.9 Å². The molecule has 17 heteroatoms. The summed E-state index contributed by atoms with van der Waals surface area (Å²) in [6.07, 6.45) is 2.79. The number of para-hydroxylation sites is 1. The summed E-state index contributed by atoms with van der Waals surface area (Å²) in [6.45, 7) is 4.31. The molecule has 1 atom stereocenters. The number of amides is 2. The number of carbonyl (C=O) groups is 2. The average Bonchev–Trinajstić information content (AvgIpc) is 3.59. The van der Waals surface area contributed by atoms with Crippen LogP contribution in [0.4, 0.5) is 0 Å². The molecule has 1 aliphatic rings. The molecule has 1 fully saturated rings. The van der Waals surface area contributed by atoms with Crippen LogP contribution in [0.2, 0.25) is 10.0 Å². The van der Waals surface area contributed by atoms with Crippen LogP contribution in [-0.2, 0) is 26.2 Å². The first-order valence-electron chi connectivity index (χ1n) is 16.0. The smallest absolute Gasteiger partial charge is 0.257 e. The van der Waals surface area contributed by atoms with Gasteiger partial charge in [-0.05, 0) is 92.8 Å². The van der Waals surface area contributed by atoms with Gasteiger partial charge in [-0.15, -0.1) is 24.8 Å². The number of pyridine rings is 1. The summed E-state index contributed by atoms with van der Waals surface area (Å²) in [5, 5.41) is 10.1. The van der Waals surface area contributed by atoms with E-state index in [4.69, 9.17) is 38.5 Å². The van der Waals surface area contributed by atoms with E-state index in [1.165, 1.54) is 22.7 Å². The van der Waals surface area contributed by atoms with Gasteiger partial charge in [0.25, 0.3) is 5.91 Å². The van der Waals surface area contributed by atoms with Crippen LogP contribution in [0, 0.1) is 13.8 Å². The molecule has 3 aromatic carbocycles. The van der Waals surface area contributed by atoms with Crippen LogP contribution in [-0.4, -0.2) is 68.0 Å². The topological polar surface area (TPSA) is 165 Å². The summed E-state index contributed by atoms with van der Waals surface area (Å²) in [6, 6.07) is 16.4. The summed E-state index contributed by atoms with van der Waals surface area (Å²) < 4.78 is 40.6. The largest absolute Gasteiger partial charge is 0.487 e. The molecule has 12 nitrogen and oxygen atoms in total. The van der Waals surface area contributed by atoms with Crippen molar-refractivity contribution in [1.29, 1.82) is 0 Å². The Balaban J connectivity index is 0.00000364. The van der Waals surface area contributed by atoms with E-state index in [1.807, 2.05) is 32.0 Å². The summed E-state index contributed by atoms with van der Waals surface area (Å²) in [5.74, 6) is 5.42. The van der Waals surface area contributed by atoms with Gasteiger partial charge in [0, 0.05) is 41.3 Å². The van der Waals surface area contributed by atoms with Gasteiger partial charge in [0.2, 0.25) is 15.9 Å². The Morgan fingerprint density at radius 1 is 1.04 bits per heavy atom. The number of hydrazone groups is 1. The number of fused-ring (bicyclic) bond motifs is 1. The Morgan fingerprint density at radius 2 is 1.77 bits per heavy atom. The fraction of sp³-hybridized carbons (Fsp3) is 0.314. The molecule has 2 heterocycles. The molecule has 1 saturated heterocycles. The second-order valence-electron chi connectivity index (χ2n) is 11.8. The molecule has 280 valence electrons. The quantitative estimate of drug-likeness (QED) is 0.0629. The maximum Gasteiger partial charge on any atom is 0.257 e. The summed E-state index contributed by atoms with van der Waals surface area (Å²) >= 11 is 13.2. The van der Waals surface area contributed by atoms with Gasteiger partial charge in [-0.25, -0.2) is 13.4 Å². The van der Waals surface area contributed by atoms with Crippen LogP contribution in [0.1, 0.15) is 41.6 Å². The molecule has 0 unspecified atom stereocenters. The number of hydrogen-bond acceptors (Lipinski definition) is 9. The number of halogens is 4. The standard InChI is InChI=1S/C35H38Cl2N6O6S.2ClH/c1-22-18-23(2)42-34-26(22)6-3-8-30(34)49-20-27-28(36)13-14-31(33(27)37)50(46,47)43-17-4-7-29(43)35(45)40-16-5-15-39-32(44)21-48-25-11-9-24(10-12-25)19-41-38;;/h3,6,8-14,18-19,29H,4-5,7,15-17,20-21,38H2,1-2H3,(H,39,44)(H,40,45);2*1H/t29-;;/m0../s1. The number of aryl methyl sites for hydroxylation is 2. The number of ether oxygens (including phenoxy) is 2. The predicted molar refractivity (Wildman–Crippen MR) is 208 cm³/mol. The number of benzene rings is 3. The van der Waals surface area contributed by atoms with E-state index in [-0.39, 0.29) is 72.0 Å². The van der Waals surface area contributed by atoms with Gasteiger partial charge in [-0.3, -0.25) is 9.59 Å². The number of aromatic nitrogens is 1. The first-order valence-corrected chi connectivity index (χ1v) is 18.2. The Morgan fingerprint density at radius 3 is 2.50 bits per heavy atom. The Bertz CT molecular complexity index is 2020. The van der Waals surface area contributed by atoms with E-state index in [2.05, 4.69) is 20.7 Å². The lowest BCUT2D eigenvalue weighted by atomic mass is 10.1. The fourth-order valence-corrected chi connectivity index (χ4v) is 8.25. The van der Waals surface area contributed by atoms with Gasteiger partial charge >= 0.3 is 0 Å². The molecule has 0 aliphatic carbocycles. The molecule has 0 saturated carbocycles. The minimum Gasteiger partial charge on any atom is -0.487 e. The lowest BCUT2D eigenvalue weighted by molar-refractivity contribution is -0.124. The van der Waals surface area contributed by atoms with Crippen molar-refractivity contribution in [3.8, 4) is 11.5 Å². The fourth-order valence-electron chi connectivity index (χ4n) is 5.73. The highest BCUT2D eigenvalue weighted by Gasteiger charge is 2.40. The predicted octanol–water partition coefficient (Wildman–Crippen LogP) is 5.73. The lowest BCUT2D eigenvalue weighted by Gasteiger charge is -2.24. The minimum absolute atomic E-state index is 0. The second kappa shape index (κ2) is 19.3. The van der Waals surface area contributed by atoms with Crippen molar-refractivity contribution >= 4 is 87.0 Å². The Hall–Kier alpha value is -3.85. The maximum absolute atomic E-state index is 13.9. The third-order valence-corrected chi connectivity index (χ3v) is 11.0. The van der Waals surface area contributed by atoms with Crippen molar-refractivity contribution < 1.29 is 27.5 Å². The third-order valence-electron chi connectivity index (χ3n) is 8.20. The number of carbonyl (C=O) groups excluding carboxylic acids is 2. The number of sulfonamides is 1. The summed E-state index contributed by atoms with van der Waals surface area (Å²) in [7, 11) is -4.18. The molecular weight excluding hydrogens is 774 g/mol. The van der Waals surface area contributed by atoms with Gasteiger partial charge in [0.15, 0.2) is 6.61 Å². The van der Waals surface area contributed by atoms with Gasteiger partial charge in [0.1, 0.15) is 34.6 Å². The van der Waals surface area contributed by atoms with Crippen molar-refractivity contribution in [2.45, 2.75) is 50.7 Å². The number of hydrogen-bond donors (Lipinski definition) is 3. The van der Waals surface area contributed by atoms with Crippen LogP contribution in [0.25, 0.3) is 10.9 Å². The van der Waals surface area contributed by atoms with Gasteiger partial charge in [-0.1, -0.05) is 35.3 Å². The Kier molecular flexibility index (Phi) is 15.8. The van der Waals surface area contributed by atoms with E-state index < -0.39 is 22.0 Å². The molecule has 2 amide bonds. The molecule has 1 aliphatic heterocycles. The van der Waals surface area contributed by atoms with Crippen LogP contribution in [0.15, 0.2) is 70.7 Å². The second-order valence-corrected chi connectivity index (χ2v) is 14.4. The van der Waals surface area contributed by atoms with E-state index in [0.29, 0.717) is 48.4 Å². The molecule has 1 aromatic heterocycles. The molecule has 0 bridgehead atoms. The molecular formula is C35H40Cl4N6O6S. The highest BCUT2D eigenvalue weighted by atomic mass is 35.5. The normalized spacial score (nSPS) is 14.4. The molecule has 4 N–H and O–H groups in total. The summed E-state index contributed by atoms with van der Waals surface area (Å²) in [5.41, 5.74) is 3.68. The van der Waals surface area contributed by atoms with E-state index in [9.17, 15) is 18.0 Å². The Labute approximate surface area is 325 Å². The van der Waals surface area contributed by atoms with E-state index in [0.717, 1.165) is 22.2 Å². The van der Waals surface area contributed by atoms with Crippen molar-refractivity contribution in [3.63, 3.8) is 0 Å². The van der Waals surface area contributed by atoms with E-state index >= 15 is 0 Å². The van der Waals surface area contributed by atoms with Crippen LogP contribution in [0.3, 0.4) is 0 Å². The maximum atomic E-state index is 13.9. The van der Waals surface area contributed by atoms with Crippen molar-refractivity contribution in [2.24, 2.45) is 10.9 Å². The third kappa shape index (κ3) is 10.2. The first-order chi connectivity index (χ1) is 24.0. The van der Waals surface area contributed by atoms with Gasteiger partial charge < -0.3 is 25.9 Å². The molecule has 4 aromatic rings. The summed E-state index contributed by atoms with van der Waals surface area (Å²) in [4.78, 5) is 29.8. The highest BCUT2D eigenvalue weighted by Crippen LogP contribution is 2.36. The average molecular weight is 815 g/mol. The number of rotatable bonds is 14. The van der Waals surface area contributed by atoms with Crippen molar-refractivity contribution in [1.82, 2.24) is 19.9 Å². The van der Waals surface area contributed by atoms with Gasteiger partial charge in [0.05, 0.1) is 11.2 Å². The molecule has 0 spiro atoms. The van der Waals surface area contributed by atoms with E-state index in [1.54, 1.807) is 30.3 Å².